The molecule has 29 heavy (non-hydrogen) atoms. The summed E-state index contributed by atoms with van der Waals surface area (Å²) in [6.45, 7) is 3.15. The van der Waals surface area contributed by atoms with E-state index in [1.165, 1.54) is 0 Å². The highest BCUT2D eigenvalue weighted by atomic mass is 35.5. The van der Waals surface area contributed by atoms with Crippen LogP contribution in [0.5, 0.6) is 0 Å². The molecule has 0 bridgehead atoms. The first kappa shape index (κ1) is 20.6. The number of rotatable bonds is 7. The zero-order chi connectivity index (χ0) is 21.0. The lowest BCUT2D eigenvalue weighted by atomic mass is 10.0. The number of carbonyl (C=O) groups excluding carboxylic acids is 3. The van der Waals surface area contributed by atoms with Gasteiger partial charge in [-0.3, -0.25) is 9.59 Å². The topological polar surface area (TPSA) is 88.3 Å². The number of hydrogen-bond acceptors (Lipinski definition) is 4. The van der Waals surface area contributed by atoms with Gasteiger partial charge in [0, 0.05) is 22.7 Å². The monoisotopic (exact) mass is 412 g/mol. The number of nitrogens with one attached hydrogen (secondary N) is 2. The summed E-state index contributed by atoms with van der Waals surface area (Å²) in [5.74, 6) is -1.71. The van der Waals surface area contributed by atoms with E-state index in [4.69, 9.17) is 16.3 Å². The maximum absolute atomic E-state index is 12.5. The first-order valence-corrected chi connectivity index (χ1v) is 9.57. The number of carbonyl (C=O) groups is 3. The molecule has 2 aromatic carbocycles. The molecule has 1 atom stereocenters. The van der Waals surface area contributed by atoms with Gasteiger partial charge in [-0.2, -0.15) is 0 Å². The smallest absolute Gasteiger partial charge is 0.329 e. The zero-order valence-corrected chi connectivity index (χ0v) is 16.8. The third-order valence-corrected chi connectivity index (χ3v) is 4.89. The van der Waals surface area contributed by atoms with E-state index in [9.17, 15) is 14.4 Å². The van der Waals surface area contributed by atoms with Crippen molar-refractivity contribution in [3.8, 4) is 0 Å². The van der Waals surface area contributed by atoms with E-state index in [0.29, 0.717) is 5.56 Å². The molecule has 3 aromatic rings. The summed E-state index contributed by atoms with van der Waals surface area (Å²) in [7, 11) is 0. The largest absolute Gasteiger partial charge is 0.456 e. The number of amides is 1. The predicted molar refractivity (Wildman–Crippen MR) is 111 cm³/mol. The van der Waals surface area contributed by atoms with Gasteiger partial charge in [-0.05, 0) is 24.1 Å². The molecule has 1 unspecified atom stereocenters. The minimum absolute atomic E-state index is 0.239. The van der Waals surface area contributed by atoms with Gasteiger partial charge in [0.1, 0.15) is 6.04 Å². The Morgan fingerprint density at radius 2 is 1.72 bits per heavy atom. The number of Topliss-reactive ketones (excluding diaryl/α,β-unsaturated/α-hetero) is 1. The van der Waals surface area contributed by atoms with E-state index in [0.717, 1.165) is 10.9 Å². The summed E-state index contributed by atoms with van der Waals surface area (Å²) >= 11 is 6.04. The molecule has 1 heterocycles. The molecular formula is C22H21ClN2O4. The Balaban J connectivity index is 1.66. The molecule has 0 saturated heterocycles. The lowest BCUT2D eigenvalue weighted by Gasteiger charge is -2.21. The van der Waals surface area contributed by atoms with E-state index in [1.807, 2.05) is 24.3 Å². The average Bonchev–Trinajstić information content (AvgIpc) is 3.14. The fourth-order valence-corrected chi connectivity index (χ4v) is 3.19. The highest BCUT2D eigenvalue weighted by Crippen LogP contribution is 2.19. The van der Waals surface area contributed by atoms with E-state index >= 15 is 0 Å². The molecule has 2 N–H and O–H groups in total. The van der Waals surface area contributed by atoms with Crippen LogP contribution in [0.25, 0.3) is 10.9 Å². The molecule has 0 aliphatic rings. The number of aromatic amines is 1. The predicted octanol–water partition coefficient (Wildman–Crippen LogP) is 4.00. The summed E-state index contributed by atoms with van der Waals surface area (Å²) in [6, 6.07) is 13.0. The van der Waals surface area contributed by atoms with E-state index < -0.39 is 24.5 Å². The first-order valence-electron chi connectivity index (χ1n) is 9.20. The molecule has 0 aliphatic carbocycles. The molecule has 0 aliphatic heterocycles. The fraction of sp³-hybridized carbons (Fsp3) is 0.227. The fourth-order valence-electron chi connectivity index (χ4n) is 2.97. The lowest BCUT2D eigenvalue weighted by Crippen LogP contribution is -2.45. The number of ketones is 1. The van der Waals surface area contributed by atoms with Crippen molar-refractivity contribution in [2.24, 2.45) is 5.92 Å². The maximum Gasteiger partial charge on any atom is 0.329 e. The van der Waals surface area contributed by atoms with Crippen LogP contribution in [-0.4, -0.2) is 35.3 Å². The number of H-pyrrole nitrogens is 1. The Labute approximate surface area is 173 Å². The van der Waals surface area contributed by atoms with E-state index in [1.54, 1.807) is 44.3 Å². The maximum atomic E-state index is 12.5. The molecule has 1 amide bonds. The van der Waals surface area contributed by atoms with Crippen molar-refractivity contribution in [1.82, 2.24) is 10.3 Å². The quantitative estimate of drug-likeness (QED) is 0.453. The Morgan fingerprint density at radius 3 is 2.45 bits per heavy atom. The Kier molecular flexibility index (Phi) is 6.34. The van der Waals surface area contributed by atoms with Gasteiger partial charge in [0.05, 0.1) is 10.6 Å². The number of para-hydroxylation sites is 1. The second-order valence-electron chi connectivity index (χ2n) is 6.95. The Hall–Kier alpha value is -3.12. The van der Waals surface area contributed by atoms with Gasteiger partial charge in [-0.1, -0.05) is 55.8 Å². The normalized spacial score (nSPS) is 12.0. The van der Waals surface area contributed by atoms with Gasteiger partial charge in [0.15, 0.2) is 6.61 Å². The molecule has 6 nitrogen and oxygen atoms in total. The van der Waals surface area contributed by atoms with Gasteiger partial charge in [0.25, 0.3) is 5.91 Å². The summed E-state index contributed by atoms with van der Waals surface area (Å²) in [4.78, 5) is 40.5. The third kappa shape index (κ3) is 4.66. The lowest BCUT2D eigenvalue weighted by molar-refractivity contribution is -0.145. The molecule has 3 rings (SSSR count). The summed E-state index contributed by atoms with van der Waals surface area (Å²) in [5.41, 5.74) is 1.55. The molecule has 0 spiro atoms. The number of ether oxygens (including phenoxy) is 1. The van der Waals surface area contributed by atoms with Crippen LogP contribution in [0.1, 0.15) is 34.6 Å². The molecule has 0 saturated carbocycles. The standard InChI is InChI=1S/C22H21ClN2O4/c1-13(2)20(25-21(27)15-8-3-5-9-17(15)23)22(28)29-12-19(26)16-11-24-18-10-6-4-7-14(16)18/h3-11,13,20,24H,12H2,1-2H3,(H,25,27). The van der Waals surface area contributed by atoms with Gasteiger partial charge in [0.2, 0.25) is 5.78 Å². The van der Waals surface area contributed by atoms with Crippen molar-refractivity contribution < 1.29 is 19.1 Å². The van der Waals surface area contributed by atoms with Crippen molar-refractivity contribution in [1.29, 1.82) is 0 Å². The highest BCUT2D eigenvalue weighted by Gasteiger charge is 2.27. The molecule has 1 aromatic heterocycles. The summed E-state index contributed by atoms with van der Waals surface area (Å²) in [5, 5.41) is 3.70. The number of fused-ring (bicyclic) bond motifs is 1. The van der Waals surface area contributed by atoms with Crippen LogP contribution >= 0.6 is 11.6 Å². The molecular weight excluding hydrogens is 392 g/mol. The number of esters is 1. The summed E-state index contributed by atoms with van der Waals surface area (Å²) < 4.78 is 5.22. The molecule has 150 valence electrons. The van der Waals surface area contributed by atoms with Crippen LogP contribution in [0.3, 0.4) is 0 Å². The van der Waals surface area contributed by atoms with Crippen LogP contribution < -0.4 is 5.32 Å². The van der Waals surface area contributed by atoms with Gasteiger partial charge < -0.3 is 15.0 Å². The van der Waals surface area contributed by atoms with Crippen LogP contribution in [0.4, 0.5) is 0 Å². The van der Waals surface area contributed by atoms with Crippen LogP contribution in [-0.2, 0) is 9.53 Å². The van der Waals surface area contributed by atoms with Gasteiger partial charge in [-0.15, -0.1) is 0 Å². The van der Waals surface area contributed by atoms with Crippen LogP contribution in [0.15, 0.2) is 54.7 Å². The number of hydrogen-bond donors (Lipinski definition) is 2. The highest BCUT2D eigenvalue weighted by molar-refractivity contribution is 6.33. The first-order chi connectivity index (χ1) is 13.9. The number of benzene rings is 2. The van der Waals surface area contributed by atoms with Gasteiger partial charge in [-0.25, -0.2) is 4.79 Å². The minimum atomic E-state index is -0.908. The Bertz CT molecular complexity index is 1060. The second-order valence-corrected chi connectivity index (χ2v) is 7.36. The van der Waals surface area contributed by atoms with Crippen molar-refractivity contribution >= 4 is 40.2 Å². The van der Waals surface area contributed by atoms with Crippen LogP contribution in [0.2, 0.25) is 5.02 Å². The zero-order valence-electron chi connectivity index (χ0n) is 16.1. The van der Waals surface area contributed by atoms with Crippen molar-refractivity contribution in [2.75, 3.05) is 6.61 Å². The van der Waals surface area contributed by atoms with Crippen molar-refractivity contribution in [2.45, 2.75) is 19.9 Å². The Morgan fingerprint density at radius 1 is 1.03 bits per heavy atom. The average molecular weight is 413 g/mol. The van der Waals surface area contributed by atoms with Crippen molar-refractivity contribution in [3.63, 3.8) is 0 Å². The summed E-state index contributed by atoms with van der Waals surface area (Å²) in [6.07, 6.45) is 1.60. The van der Waals surface area contributed by atoms with Gasteiger partial charge >= 0.3 is 5.97 Å². The van der Waals surface area contributed by atoms with E-state index in [2.05, 4.69) is 10.3 Å². The van der Waals surface area contributed by atoms with Crippen LogP contribution in [0, 0.1) is 5.92 Å². The van der Waals surface area contributed by atoms with Crippen molar-refractivity contribution in [3.05, 3.63) is 70.9 Å². The number of aromatic nitrogens is 1. The minimum Gasteiger partial charge on any atom is -0.456 e. The molecule has 0 radical (unpaired) electrons. The SMILES string of the molecule is CC(C)C(NC(=O)c1ccccc1Cl)C(=O)OCC(=O)c1c[nH]c2ccccc12. The molecule has 0 fully saturated rings. The van der Waals surface area contributed by atoms with E-state index in [-0.39, 0.29) is 22.3 Å². The third-order valence-electron chi connectivity index (χ3n) is 4.56. The molecule has 7 heteroatoms. The second kappa shape index (κ2) is 8.92. The number of halogens is 1.